The molecule has 0 fully saturated rings. The Morgan fingerprint density at radius 1 is 1.00 bits per heavy atom. The van der Waals surface area contributed by atoms with Crippen molar-refractivity contribution in [1.82, 2.24) is 0 Å². The monoisotopic (exact) mass is 142 g/mol. The molecule has 3 nitrogen and oxygen atoms in total. The molecule has 0 unspecified atom stereocenters. The van der Waals surface area contributed by atoms with Gasteiger partial charge in [0.05, 0.1) is 14.2 Å². The van der Waals surface area contributed by atoms with Crippen LogP contribution in [0.5, 0.6) is 0 Å². The molecule has 0 saturated carbocycles. The maximum absolute atomic E-state index is 3.97. The first-order chi connectivity index (χ1) is 2.41. The second-order valence-electron chi connectivity index (χ2n) is 0.401. The molecule has 0 aliphatic carbocycles. The van der Waals surface area contributed by atoms with Crippen LogP contribution in [0.4, 0.5) is 0 Å². The summed E-state index contributed by atoms with van der Waals surface area (Å²) in [6, 6.07) is 0. The minimum absolute atomic E-state index is 0. The molecule has 0 heterocycles. The zero-order valence-corrected chi connectivity index (χ0v) is 6.90. The van der Waals surface area contributed by atoms with Crippen molar-refractivity contribution in [3.8, 4) is 0 Å². The summed E-state index contributed by atoms with van der Waals surface area (Å²) in [6.45, 7) is 0. The van der Waals surface area contributed by atoms with Gasteiger partial charge in [-0.25, -0.2) is 9.78 Å². The van der Waals surface area contributed by atoms with E-state index in [4.69, 9.17) is 0 Å². The Morgan fingerprint density at radius 2 is 1.33 bits per heavy atom. The molecule has 0 aromatic carbocycles. The molecule has 0 aromatic heterocycles. The van der Waals surface area contributed by atoms with Crippen molar-refractivity contribution in [1.29, 1.82) is 0 Å². The van der Waals surface area contributed by atoms with E-state index in [1.807, 2.05) is 0 Å². The van der Waals surface area contributed by atoms with Gasteiger partial charge < -0.3 is 0 Å². The van der Waals surface area contributed by atoms with E-state index >= 15 is 0 Å². The maximum Gasteiger partial charge on any atom is 0.0744 e. The van der Waals surface area contributed by atoms with Gasteiger partial charge in [0, 0.05) is 19.5 Å². The van der Waals surface area contributed by atoms with Crippen molar-refractivity contribution >= 4 is 0 Å². The van der Waals surface area contributed by atoms with Crippen LogP contribution in [0.15, 0.2) is 0 Å². The molecule has 4 heteroatoms. The van der Waals surface area contributed by atoms with Crippen LogP contribution in [-0.4, -0.2) is 14.2 Å². The first kappa shape index (κ1) is 9.71. The summed E-state index contributed by atoms with van der Waals surface area (Å²) in [7, 11) is 2.73. The maximum atomic E-state index is 3.97. The summed E-state index contributed by atoms with van der Waals surface area (Å²) in [5.41, 5.74) is 0. The third kappa shape index (κ3) is 8.82. The van der Waals surface area contributed by atoms with Crippen molar-refractivity contribution in [2.45, 2.75) is 0 Å². The molecule has 0 spiro atoms. The topological polar surface area (TPSA) is 27.7 Å². The zero-order chi connectivity index (χ0) is 4.12. The molecule has 0 aliphatic heterocycles. The molecule has 0 radical (unpaired) electrons. The van der Waals surface area contributed by atoms with E-state index in [9.17, 15) is 0 Å². The molecule has 0 bridgehead atoms. The van der Waals surface area contributed by atoms with Crippen molar-refractivity contribution in [3.63, 3.8) is 0 Å². The van der Waals surface area contributed by atoms with Gasteiger partial charge in [0.2, 0.25) is 0 Å². The van der Waals surface area contributed by atoms with Crippen molar-refractivity contribution in [3.05, 3.63) is 0 Å². The van der Waals surface area contributed by atoms with Crippen LogP contribution >= 0.6 is 0 Å². The molecule has 0 aliphatic rings. The van der Waals surface area contributed by atoms with Gasteiger partial charge in [-0.3, -0.25) is 0 Å². The Kier molecular flexibility index (Phi) is 14.7. The van der Waals surface area contributed by atoms with Gasteiger partial charge in [0.15, 0.2) is 0 Å². The Labute approximate surface area is 49.2 Å². The minimum atomic E-state index is 0. The Balaban J connectivity index is 0. The van der Waals surface area contributed by atoms with Gasteiger partial charge in [0.1, 0.15) is 0 Å². The van der Waals surface area contributed by atoms with Crippen molar-refractivity contribution in [2.75, 3.05) is 14.2 Å². The van der Waals surface area contributed by atoms with E-state index < -0.39 is 0 Å². The molecular weight excluding hydrogens is 137 g/mol. The number of rotatable bonds is 2. The first-order valence-electron chi connectivity index (χ1n) is 1.15. The fraction of sp³-hybridized carbons (Fsp3) is 1.00. The molecule has 0 atom stereocenters. The Bertz CT molecular complexity index is 16.3. The van der Waals surface area contributed by atoms with Crippen LogP contribution in [0.1, 0.15) is 0 Å². The predicted octanol–water partition coefficient (Wildman–Crippen LogP) is 0.123. The van der Waals surface area contributed by atoms with Crippen molar-refractivity contribution in [2.24, 2.45) is 0 Å². The summed E-state index contributed by atoms with van der Waals surface area (Å²) in [5, 5.41) is 3.83. The van der Waals surface area contributed by atoms with Gasteiger partial charge in [-0.2, -0.15) is 0 Å². The molecule has 0 aromatic rings. The standard InChI is InChI=1S/C2H6O3.Zn/c1-3-5-4-2;/h1-2H3;. The summed E-state index contributed by atoms with van der Waals surface area (Å²) in [6.07, 6.45) is 0. The Hall–Kier alpha value is 0.503. The van der Waals surface area contributed by atoms with Crippen LogP contribution in [-0.2, 0) is 34.3 Å². The largest absolute Gasteiger partial charge is 0.210 e. The van der Waals surface area contributed by atoms with E-state index in [0.717, 1.165) is 0 Å². The average molecular weight is 143 g/mol. The fourth-order valence-electron chi connectivity index (χ4n) is 0.0680. The van der Waals surface area contributed by atoms with E-state index in [1.54, 1.807) is 0 Å². The third-order valence-corrected chi connectivity index (χ3v) is 0.136. The van der Waals surface area contributed by atoms with Crippen LogP contribution in [0.25, 0.3) is 0 Å². The molecule has 0 saturated heterocycles. The van der Waals surface area contributed by atoms with E-state index in [0.29, 0.717) is 0 Å². The SMILES string of the molecule is COOOC.[Zn]. The van der Waals surface area contributed by atoms with E-state index in [1.165, 1.54) is 14.2 Å². The van der Waals surface area contributed by atoms with Gasteiger partial charge in [-0.05, 0) is 0 Å². The molecule has 0 amide bonds. The van der Waals surface area contributed by atoms with Crippen LogP contribution in [0.2, 0.25) is 0 Å². The minimum Gasteiger partial charge on any atom is -0.210 e. The molecule has 34 valence electrons. The van der Waals surface area contributed by atoms with Crippen molar-refractivity contribution < 1.29 is 34.3 Å². The second kappa shape index (κ2) is 9.09. The quantitative estimate of drug-likeness (QED) is 0.312. The average Bonchev–Trinajstić information content (AvgIpc) is 1.41. The summed E-state index contributed by atoms with van der Waals surface area (Å²) < 4.78 is 0. The second-order valence-corrected chi connectivity index (χ2v) is 0.401. The molecular formula is C2H6O3Zn. The van der Waals surface area contributed by atoms with Gasteiger partial charge in [-0.15, -0.1) is 0 Å². The summed E-state index contributed by atoms with van der Waals surface area (Å²) in [4.78, 5) is 7.94. The first-order valence-corrected chi connectivity index (χ1v) is 1.15. The van der Waals surface area contributed by atoms with Gasteiger partial charge in [0.25, 0.3) is 0 Å². The predicted molar refractivity (Wildman–Crippen MR) is 15.1 cm³/mol. The fourth-order valence-corrected chi connectivity index (χ4v) is 0.0680. The third-order valence-electron chi connectivity index (χ3n) is 0.136. The van der Waals surface area contributed by atoms with Crippen LogP contribution in [0, 0.1) is 0 Å². The number of hydrogen-bond donors (Lipinski definition) is 0. The van der Waals surface area contributed by atoms with Gasteiger partial charge >= 0.3 is 0 Å². The van der Waals surface area contributed by atoms with Crippen LogP contribution < -0.4 is 0 Å². The van der Waals surface area contributed by atoms with E-state index in [-0.39, 0.29) is 19.5 Å². The normalized spacial score (nSPS) is 7.00. The van der Waals surface area contributed by atoms with Crippen LogP contribution in [0.3, 0.4) is 0 Å². The smallest absolute Gasteiger partial charge is 0.0744 e. The zero-order valence-electron chi connectivity index (χ0n) is 3.93. The Morgan fingerprint density at radius 3 is 1.33 bits per heavy atom. The molecule has 6 heavy (non-hydrogen) atoms. The summed E-state index contributed by atoms with van der Waals surface area (Å²) in [5.74, 6) is 0. The van der Waals surface area contributed by atoms with E-state index in [2.05, 4.69) is 14.8 Å². The molecule has 0 rings (SSSR count). The molecule has 0 N–H and O–H groups in total. The van der Waals surface area contributed by atoms with Gasteiger partial charge in [-0.1, -0.05) is 5.04 Å². The number of hydrogen-bond acceptors (Lipinski definition) is 3. The summed E-state index contributed by atoms with van der Waals surface area (Å²) >= 11 is 0.